The van der Waals surface area contributed by atoms with Crippen LogP contribution in [-0.2, 0) is 4.79 Å². The number of furan rings is 1. The molecule has 0 atom stereocenters. The van der Waals surface area contributed by atoms with Crippen LogP contribution in [0.25, 0.3) is 17.4 Å². The number of hydrogen-bond donors (Lipinski definition) is 0. The molecule has 0 radical (unpaired) electrons. The summed E-state index contributed by atoms with van der Waals surface area (Å²) in [6.45, 7) is 0. The lowest BCUT2D eigenvalue weighted by Crippen LogP contribution is -2.22. The van der Waals surface area contributed by atoms with E-state index in [4.69, 9.17) is 28.2 Å². The minimum atomic E-state index is -0.116. The zero-order chi connectivity index (χ0) is 15.9. The number of hydrogen-bond acceptors (Lipinski definition) is 4. The van der Waals surface area contributed by atoms with Crippen LogP contribution in [0.4, 0.5) is 0 Å². The van der Waals surface area contributed by atoms with E-state index in [-0.39, 0.29) is 5.91 Å². The summed E-state index contributed by atoms with van der Waals surface area (Å²) < 4.78 is 7.21. The van der Waals surface area contributed by atoms with Gasteiger partial charge in [0.15, 0.2) is 0 Å². The first-order valence-corrected chi connectivity index (χ1v) is 8.62. The molecule has 0 N–H and O–H groups in total. The van der Waals surface area contributed by atoms with Gasteiger partial charge in [-0.15, -0.1) is 0 Å². The van der Waals surface area contributed by atoms with Gasteiger partial charge in [0.25, 0.3) is 5.91 Å². The number of likely N-dealkylation sites (N-methyl/N-ethyl adjacent to an activating group) is 1. The Bertz CT molecular complexity index is 816. The van der Waals surface area contributed by atoms with E-state index in [9.17, 15) is 4.79 Å². The molecule has 0 saturated carbocycles. The highest BCUT2D eigenvalue weighted by Crippen LogP contribution is 2.34. The minimum Gasteiger partial charge on any atom is -0.457 e. The monoisotopic (exact) mass is 413 g/mol. The molecule has 0 spiro atoms. The zero-order valence-electron chi connectivity index (χ0n) is 11.3. The molecular weight excluding hydrogens is 406 g/mol. The Kier molecular flexibility index (Phi) is 4.45. The normalized spacial score (nSPS) is 16.9. The lowest BCUT2D eigenvalue weighted by molar-refractivity contribution is -0.121. The lowest BCUT2D eigenvalue weighted by Gasteiger charge is -2.03. The maximum Gasteiger partial charge on any atom is 0.266 e. The van der Waals surface area contributed by atoms with Gasteiger partial charge in [0, 0.05) is 23.2 Å². The number of thiocarbonyl (C=S) groups is 1. The van der Waals surface area contributed by atoms with E-state index in [1.54, 1.807) is 25.3 Å². The van der Waals surface area contributed by atoms with Crippen LogP contribution >= 0.6 is 51.5 Å². The molecule has 1 aromatic heterocycles. The molecule has 22 heavy (non-hydrogen) atoms. The van der Waals surface area contributed by atoms with Crippen LogP contribution in [0.15, 0.2) is 44.1 Å². The topological polar surface area (TPSA) is 33.5 Å². The SMILES string of the molecule is CN1C(=O)/C(=C\c2ccc(-c3ccc(Br)cc3Cl)o2)SC1=S. The first-order valence-electron chi connectivity index (χ1n) is 6.22. The van der Waals surface area contributed by atoms with Gasteiger partial charge in [-0.3, -0.25) is 9.69 Å². The van der Waals surface area contributed by atoms with E-state index in [2.05, 4.69) is 15.9 Å². The Labute approximate surface area is 150 Å². The molecule has 7 heteroatoms. The maximum atomic E-state index is 12.0. The van der Waals surface area contributed by atoms with Crippen LogP contribution in [0.3, 0.4) is 0 Å². The quantitative estimate of drug-likeness (QED) is 0.500. The number of rotatable bonds is 2. The number of thioether (sulfide) groups is 1. The van der Waals surface area contributed by atoms with Crippen LogP contribution in [0.1, 0.15) is 5.76 Å². The summed E-state index contributed by atoms with van der Waals surface area (Å²) >= 11 is 15.9. The predicted octanol–water partition coefficient (Wildman–Crippen LogP) is 5.19. The van der Waals surface area contributed by atoms with E-state index < -0.39 is 0 Å². The average molecular weight is 415 g/mol. The van der Waals surface area contributed by atoms with E-state index in [0.717, 1.165) is 10.0 Å². The number of benzene rings is 1. The fourth-order valence-corrected chi connectivity index (χ4v) is 3.87. The van der Waals surface area contributed by atoms with Crippen molar-refractivity contribution in [2.75, 3.05) is 7.05 Å². The van der Waals surface area contributed by atoms with Crippen molar-refractivity contribution in [3.05, 3.63) is 50.5 Å². The van der Waals surface area contributed by atoms with Gasteiger partial charge in [0.1, 0.15) is 15.8 Å². The van der Waals surface area contributed by atoms with Crippen LogP contribution in [-0.4, -0.2) is 22.2 Å². The first kappa shape index (κ1) is 15.8. The third-order valence-electron chi connectivity index (χ3n) is 3.08. The Morgan fingerprint density at radius 1 is 1.36 bits per heavy atom. The zero-order valence-corrected chi connectivity index (χ0v) is 15.3. The minimum absolute atomic E-state index is 0.116. The lowest BCUT2D eigenvalue weighted by atomic mass is 10.2. The van der Waals surface area contributed by atoms with Crippen LogP contribution in [0.2, 0.25) is 5.02 Å². The second-order valence-corrected chi connectivity index (χ2v) is 7.57. The second kappa shape index (κ2) is 6.20. The molecule has 1 aliphatic heterocycles. The summed E-state index contributed by atoms with van der Waals surface area (Å²) in [4.78, 5) is 14.0. The number of amides is 1. The molecule has 112 valence electrons. The highest BCUT2D eigenvalue weighted by molar-refractivity contribution is 9.10. The van der Waals surface area contributed by atoms with Crippen molar-refractivity contribution in [2.24, 2.45) is 0 Å². The van der Waals surface area contributed by atoms with E-state index in [1.165, 1.54) is 16.7 Å². The molecule has 0 bridgehead atoms. The molecule has 2 heterocycles. The van der Waals surface area contributed by atoms with Crippen molar-refractivity contribution >= 4 is 67.8 Å². The third-order valence-corrected chi connectivity index (χ3v) is 5.37. The number of nitrogens with zero attached hydrogens (tertiary/aromatic N) is 1. The fourth-order valence-electron chi connectivity index (χ4n) is 1.94. The van der Waals surface area contributed by atoms with E-state index >= 15 is 0 Å². The standard InChI is InChI=1S/C15H9BrClNO2S2/c1-18-14(19)13(22-15(18)21)7-9-3-5-12(20-9)10-4-2-8(16)6-11(10)17/h2-7H,1H3/b13-7+. The highest BCUT2D eigenvalue weighted by Gasteiger charge is 2.29. The van der Waals surface area contributed by atoms with Gasteiger partial charge in [0.05, 0.1) is 9.93 Å². The second-order valence-electron chi connectivity index (χ2n) is 4.57. The molecule has 1 saturated heterocycles. The van der Waals surface area contributed by atoms with Gasteiger partial charge in [-0.05, 0) is 30.3 Å². The summed E-state index contributed by atoms with van der Waals surface area (Å²) in [6, 6.07) is 9.21. The van der Waals surface area contributed by atoms with Gasteiger partial charge < -0.3 is 4.42 Å². The Hall–Kier alpha value is -1.08. The number of carbonyl (C=O) groups excluding carboxylic acids is 1. The molecule has 2 aromatic rings. The fraction of sp³-hybridized carbons (Fsp3) is 0.0667. The van der Waals surface area contributed by atoms with Gasteiger partial charge in [-0.1, -0.05) is 51.5 Å². The Morgan fingerprint density at radius 2 is 2.14 bits per heavy atom. The Morgan fingerprint density at radius 3 is 2.77 bits per heavy atom. The molecule has 1 fully saturated rings. The number of carbonyl (C=O) groups is 1. The van der Waals surface area contributed by atoms with Crippen molar-refractivity contribution in [1.82, 2.24) is 4.90 Å². The van der Waals surface area contributed by atoms with Gasteiger partial charge in [-0.2, -0.15) is 0 Å². The maximum absolute atomic E-state index is 12.0. The van der Waals surface area contributed by atoms with E-state index in [1.807, 2.05) is 18.2 Å². The summed E-state index contributed by atoms with van der Waals surface area (Å²) in [5.74, 6) is 1.12. The van der Waals surface area contributed by atoms with E-state index in [0.29, 0.717) is 25.8 Å². The van der Waals surface area contributed by atoms with Crippen LogP contribution < -0.4 is 0 Å². The molecule has 1 amide bonds. The largest absolute Gasteiger partial charge is 0.457 e. The molecule has 1 aromatic carbocycles. The molecular formula is C15H9BrClNO2S2. The van der Waals surface area contributed by atoms with Crippen molar-refractivity contribution in [3.8, 4) is 11.3 Å². The molecule has 3 rings (SSSR count). The average Bonchev–Trinajstić information content (AvgIpc) is 3.01. The summed E-state index contributed by atoms with van der Waals surface area (Å²) in [5, 5.41) is 0.593. The molecule has 1 aliphatic rings. The van der Waals surface area contributed by atoms with Crippen LogP contribution in [0, 0.1) is 0 Å². The van der Waals surface area contributed by atoms with Gasteiger partial charge in [0.2, 0.25) is 0 Å². The van der Waals surface area contributed by atoms with Gasteiger partial charge in [-0.25, -0.2) is 0 Å². The van der Waals surface area contributed by atoms with Crippen molar-refractivity contribution in [1.29, 1.82) is 0 Å². The predicted molar refractivity (Wildman–Crippen MR) is 97.8 cm³/mol. The Balaban J connectivity index is 1.92. The summed E-state index contributed by atoms with van der Waals surface area (Å²) in [7, 11) is 1.66. The molecule has 3 nitrogen and oxygen atoms in total. The summed E-state index contributed by atoms with van der Waals surface area (Å²) in [5.41, 5.74) is 0.799. The van der Waals surface area contributed by atoms with Crippen molar-refractivity contribution < 1.29 is 9.21 Å². The first-order chi connectivity index (χ1) is 10.5. The smallest absolute Gasteiger partial charge is 0.266 e. The van der Waals surface area contributed by atoms with Gasteiger partial charge >= 0.3 is 0 Å². The third kappa shape index (κ3) is 3.01. The van der Waals surface area contributed by atoms with Crippen molar-refractivity contribution in [3.63, 3.8) is 0 Å². The highest BCUT2D eigenvalue weighted by atomic mass is 79.9. The molecule has 0 aliphatic carbocycles. The van der Waals surface area contributed by atoms with Crippen LogP contribution in [0.5, 0.6) is 0 Å². The number of halogens is 2. The van der Waals surface area contributed by atoms with Crippen molar-refractivity contribution in [2.45, 2.75) is 0 Å². The molecule has 0 unspecified atom stereocenters. The summed E-state index contributed by atoms with van der Waals surface area (Å²) in [6.07, 6.45) is 1.69.